The molecule has 1 N–H and O–H groups in total. The van der Waals surface area contributed by atoms with E-state index in [1.165, 1.54) is 13.2 Å². The third-order valence-electron chi connectivity index (χ3n) is 2.09. The quantitative estimate of drug-likeness (QED) is 0.717. The van der Waals surface area contributed by atoms with Crippen LogP contribution in [0.4, 0.5) is 0 Å². The Morgan fingerprint density at radius 2 is 2.13 bits per heavy atom. The number of carbonyl (C=O) groups is 1. The smallest absolute Gasteiger partial charge is 0.356 e. The second-order valence-corrected chi connectivity index (χ2v) is 3.04. The van der Waals surface area contributed by atoms with Crippen molar-refractivity contribution in [3.63, 3.8) is 0 Å². The highest BCUT2D eigenvalue weighted by Gasteiger charge is 2.09. The number of para-hydroxylation sites is 1. The number of esters is 1. The molecule has 0 aliphatic rings. The van der Waals surface area contributed by atoms with Crippen molar-refractivity contribution in [3.8, 4) is 5.75 Å². The summed E-state index contributed by atoms with van der Waals surface area (Å²) >= 11 is 0. The highest BCUT2D eigenvalue weighted by atomic mass is 16.5. The summed E-state index contributed by atoms with van der Waals surface area (Å²) in [6.45, 7) is 0. The minimum atomic E-state index is -0.514. The van der Waals surface area contributed by atoms with Crippen LogP contribution in [0.1, 0.15) is 10.5 Å². The van der Waals surface area contributed by atoms with Gasteiger partial charge in [0.25, 0.3) is 0 Å². The molecule has 15 heavy (non-hydrogen) atoms. The van der Waals surface area contributed by atoms with Crippen molar-refractivity contribution in [2.75, 3.05) is 7.11 Å². The van der Waals surface area contributed by atoms with Crippen LogP contribution >= 0.6 is 0 Å². The Bertz CT molecular complexity index is 522. The summed E-state index contributed by atoms with van der Waals surface area (Å²) in [6, 6.07) is 8.33. The number of aromatic nitrogens is 1. The number of nitrogens with zero attached hydrogens (tertiary/aromatic N) is 1. The van der Waals surface area contributed by atoms with Crippen molar-refractivity contribution in [2.24, 2.45) is 0 Å². The average molecular weight is 203 g/mol. The second kappa shape index (κ2) is 3.57. The van der Waals surface area contributed by atoms with E-state index in [-0.39, 0.29) is 11.4 Å². The first-order valence-electron chi connectivity index (χ1n) is 4.39. The standard InChI is InChI=1S/C11H9NO3/c1-15-11(14)8-6-5-7-3-2-4-9(13)10(7)12-8/h2-6,13H,1H3. The van der Waals surface area contributed by atoms with Crippen LogP contribution in [0.5, 0.6) is 5.75 Å². The van der Waals surface area contributed by atoms with Crippen LogP contribution in [0.25, 0.3) is 10.9 Å². The number of rotatable bonds is 1. The molecule has 0 bridgehead atoms. The first-order chi connectivity index (χ1) is 7.22. The molecule has 0 saturated heterocycles. The first-order valence-corrected chi connectivity index (χ1v) is 4.39. The number of phenolic OH excluding ortho intramolecular Hbond substituents is 1. The Morgan fingerprint density at radius 3 is 2.87 bits per heavy atom. The van der Waals surface area contributed by atoms with Crippen molar-refractivity contribution in [3.05, 3.63) is 36.0 Å². The predicted octanol–water partition coefficient (Wildman–Crippen LogP) is 1.73. The molecule has 0 amide bonds. The molecule has 2 rings (SSSR count). The maximum absolute atomic E-state index is 11.2. The van der Waals surface area contributed by atoms with E-state index in [0.29, 0.717) is 5.52 Å². The van der Waals surface area contributed by atoms with Gasteiger partial charge in [0.2, 0.25) is 0 Å². The molecule has 0 atom stereocenters. The van der Waals surface area contributed by atoms with E-state index >= 15 is 0 Å². The normalized spacial score (nSPS) is 10.2. The van der Waals surface area contributed by atoms with Gasteiger partial charge in [-0.3, -0.25) is 0 Å². The zero-order valence-electron chi connectivity index (χ0n) is 8.10. The van der Waals surface area contributed by atoms with Gasteiger partial charge in [-0.25, -0.2) is 9.78 Å². The highest BCUT2D eigenvalue weighted by molar-refractivity contribution is 5.92. The molecule has 0 aliphatic heterocycles. The van der Waals surface area contributed by atoms with Gasteiger partial charge in [0.05, 0.1) is 7.11 Å². The molecule has 0 fully saturated rings. The Labute approximate surface area is 86.1 Å². The van der Waals surface area contributed by atoms with Crippen LogP contribution < -0.4 is 0 Å². The van der Waals surface area contributed by atoms with E-state index in [9.17, 15) is 9.90 Å². The molecular formula is C11H9NO3. The van der Waals surface area contributed by atoms with Crippen molar-refractivity contribution in [1.82, 2.24) is 4.98 Å². The van der Waals surface area contributed by atoms with Crippen LogP contribution in [-0.4, -0.2) is 23.2 Å². The fourth-order valence-corrected chi connectivity index (χ4v) is 1.35. The summed E-state index contributed by atoms with van der Waals surface area (Å²) in [6.07, 6.45) is 0. The number of aromatic hydroxyl groups is 1. The minimum Gasteiger partial charge on any atom is -0.506 e. The predicted molar refractivity (Wildman–Crippen MR) is 54.7 cm³/mol. The molecule has 4 nitrogen and oxygen atoms in total. The number of benzene rings is 1. The molecule has 76 valence electrons. The van der Waals surface area contributed by atoms with Gasteiger partial charge in [0, 0.05) is 5.39 Å². The number of phenols is 1. The zero-order valence-corrected chi connectivity index (χ0v) is 8.10. The van der Waals surface area contributed by atoms with Gasteiger partial charge in [-0.15, -0.1) is 0 Å². The summed E-state index contributed by atoms with van der Waals surface area (Å²) in [5, 5.41) is 10.3. The van der Waals surface area contributed by atoms with Gasteiger partial charge in [0.1, 0.15) is 17.0 Å². The van der Waals surface area contributed by atoms with Crippen molar-refractivity contribution in [2.45, 2.75) is 0 Å². The number of methoxy groups -OCH3 is 1. The molecule has 0 spiro atoms. The van der Waals surface area contributed by atoms with Crippen molar-refractivity contribution >= 4 is 16.9 Å². The summed E-state index contributed by atoms with van der Waals surface area (Å²) in [5.41, 5.74) is 0.590. The molecule has 1 aromatic carbocycles. The number of carbonyl (C=O) groups excluding carboxylic acids is 1. The van der Waals surface area contributed by atoms with Gasteiger partial charge >= 0.3 is 5.97 Å². The van der Waals surface area contributed by atoms with Crippen LogP contribution in [0.15, 0.2) is 30.3 Å². The third kappa shape index (κ3) is 1.61. The van der Waals surface area contributed by atoms with Gasteiger partial charge < -0.3 is 9.84 Å². The van der Waals surface area contributed by atoms with E-state index in [2.05, 4.69) is 9.72 Å². The first kappa shape index (κ1) is 9.45. The van der Waals surface area contributed by atoms with Gasteiger partial charge in [-0.1, -0.05) is 18.2 Å². The van der Waals surface area contributed by atoms with E-state index < -0.39 is 5.97 Å². The molecule has 0 saturated carbocycles. The summed E-state index contributed by atoms with van der Waals surface area (Å²) in [4.78, 5) is 15.2. The van der Waals surface area contributed by atoms with E-state index in [0.717, 1.165) is 5.39 Å². The monoisotopic (exact) mass is 203 g/mol. The molecule has 1 aromatic heterocycles. The maximum atomic E-state index is 11.2. The molecule has 4 heteroatoms. The van der Waals surface area contributed by atoms with Crippen LogP contribution in [0, 0.1) is 0 Å². The number of fused-ring (bicyclic) bond motifs is 1. The lowest BCUT2D eigenvalue weighted by molar-refractivity contribution is 0.0594. The number of pyridine rings is 1. The van der Waals surface area contributed by atoms with Crippen molar-refractivity contribution in [1.29, 1.82) is 0 Å². The Balaban J connectivity index is 2.64. The van der Waals surface area contributed by atoms with Crippen LogP contribution in [-0.2, 0) is 4.74 Å². The Hall–Kier alpha value is -2.10. The molecule has 0 aliphatic carbocycles. The van der Waals surface area contributed by atoms with E-state index in [1.807, 2.05) is 6.07 Å². The van der Waals surface area contributed by atoms with Crippen LogP contribution in [0.3, 0.4) is 0 Å². The molecular weight excluding hydrogens is 194 g/mol. The lowest BCUT2D eigenvalue weighted by atomic mass is 10.2. The molecule has 1 heterocycles. The largest absolute Gasteiger partial charge is 0.506 e. The lowest BCUT2D eigenvalue weighted by Crippen LogP contribution is -2.03. The summed E-state index contributed by atoms with van der Waals surface area (Å²) < 4.78 is 4.54. The maximum Gasteiger partial charge on any atom is 0.356 e. The SMILES string of the molecule is COC(=O)c1ccc2cccc(O)c2n1. The van der Waals surface area contributed by atoms with Crippen molar-refractivity contribution < 1.29 is 14.6 Å². The number of ether oxygens (including phenoxy) is 1. The molecule has 0 radical (unpaired) electrons. The topological polar surface area (TPSA) is 59.4 Å². The van der Waals surface area contributed by atoms with Gasteiger partial charge in [-0.2, -0.15) is 0 Å². The fraction of sp³-hybridized carbons (Fsp3) is 0.0909. The van der Waals surface area contributed by atoms with Crippen LogP contribution in [0.2, 0.25) is 0 Å². The Morgan fingerprint density at radius 1 is 1.33 bits per heavy atom. The minimum absolute atomic E-state index is 0.0539. The number of hydrogen-bond acceptors (Lipinski definition) is 4. The average Bonchev–Trinajstić information content (AvgIpc) is 2.28. The fourth-order valence-electron chi connectivity index (χ4n) is 1.35. The number of hydrogen-bond donors (Lipinski definition) is 1. The summed E-state index contributed by atoms with van der Waals surface area (Å²) in [7, 11) is 1.29. The molecule has 0 unspecified atom stereocenters. The van der Waals surface area contributed by atoms with Gasteiger partial charge in [-0.05, 0) is 12.1 Å². The zero-order chi connectivity index (χ0) is 10.8. The molecule has 2 aromatic rings. The van der Waals surface area contributed by atoms with Gasteiger partial charge in [0.15, 0.2) is 0 Å². The summed E-state index contributed by atoms with van der Waals surface area (Å²) in [5.74, 6) is -0.460. The third-order valence-corrected chi connectivity index (χ3v) is 2.09. The van der Waals surface area contributed by atoms with E-state index in [4.69, 9.17) is 0 Å². The highest BCUT2D eigenvalue weighted by Crippen LogP contribution is 2.22. The van der Waals surface area contributed by atoms with E-state index in [1.54, 1.807) is 18.2 Å². The Kier molecular flexibility index (Phi) is 2.25. The lowest BCUT2D eigenvalue weighted by Gasteiger charge is -2.02. The second-order valence-electron chi connectivity index (χ2n) is 3.04.